The molecule has 1 saturated carbocycles. The van der Waals surface area contributed by atoms with Crippen molar-refractivity contribution in [2.45, 2.75) is 51.1 Å². The van der Waals surface area contributed by atoms with E-state index in [1.807, 2.05) is 41.1 Å². The van der Waals surface area contributed by atoms with Crippen LogP contribution in [0.25, 0.3) is 5.69 Å². The number of benzene rings is 1. The van der Waals surface area contributed by atoms with Crippen LogP contribution in [0.5, 0.6) is 0 Å². The molecule has 1 N–H and O–H groups in total. The molecule has 3 heterocycles. The number of rotatable bonds is 4. The normalized spacial score (nSPS) is 19.0. The summed E-state index contributed by atoms with van der Waals surface area (Å²) in [5.74, 6) is 2.59. The Balaban J connectivity index is 1.60. The smallest absolute Gasteiger partial charge is 0.229 e. The number of anilines is 3. The van der Waals surface area contributed by atoms with E-state index in [1.165, 1.54) is 25.7 Å². The molecule has 27 heavy (non-hydrogen) atoms. The van der Waals surface area contributed by atoms with Crippen LogP contribution in [0.2, 0.25) is 0 Å². The van der Waals surface area contributed by atoms with Gasteiger partial charge in [-0.2, -0.15) is 4.98 Å². The Morgan fingerprint density at radius 2 is 1.96 bits per heavy atom. The molecule has 0 saturated heterocycles. The maximum absolute atomic E-state index is 4.94. The highest BCUT2D eigenvalue weighted by molar-refractivity contribution is 5.65. The number of aromatic nitrogens is 5. The second-order valence-electron chi connectivity index (χ2n) is 7.22. The van der Waals surface area contributed by atoms with Gasteiger partial charge in [-0.1, -0.05) is 38.0 Å². The summed E-state index contributed by atoms with van der Waals surface area (Å²) in [7, 11) is 0. The van der Waals surface area contributed by atoms with Crippen LogP contribution >= 0.6 is 0 Å². The molecule has 1 atom stereocenters. The monoisotopic (exact) mass is 361 g/mol. The first-order valence-electron chi connectivity index (χ1n) is 9.73. The quantitative estimate of drug-likeness (QED) is 0.757. The molecule has 1 unspecified atom stereocenters. The maximum Gasteiger partial charge on any atom is 0.229 e. The summed E-state index contributed by atoms with van der Waals surface area (Å²) >= 11 is 0. The molecule has 1 aliphatic heterocycles. The highest BCUT2D eigenvalue weighted by Gasteiger charge is 2.38. The minimum absolute atomic E-state index is 0.197. The molecule has 0 bridgehead atoms. The van der Waals surface area contributed by atoms with Crippen LogP contribution in [0.4, 0.5) is 17.5 Å². The van der Waals surface area contributed by atoms with E-state index in [4.69, 9.17) is 4.98 Å². The van der Waals surface area contributed by atoms with Crippen LogP contribution in [0, 0.1) is 0 Å². The molecule has 0 spiro atoms. The average molecular weight is 361 g/mol. The van der Waals surface area contributed by atoms with Crippen LogP contribution < -0.4 is 10.2 Å². The molecule has 0 radical (unpaired) electrons. The van der Waals surface area contributed by atoms with Crippen LogP contribution in [-0.2, 0) is 0 Å². The highest BCUT2D eigenvalue weighted by atomic mass is 15.4. The minimum atomic E-state index is 0.197. The zero-order valence-electron chi connectivity index (χ0n) is 15.4. The van der Waals surface area contributed by atoms with Crippen LogP contribution in [0.3, 0.4) is 0 Å². The SMILES string of the molecule is CCC1c2nncn2-c2cnc(Nc3ccccc3)nc2N1C1CCCC1. The lowest BCUT2D eigenvalue weighted by atomic mass is 10.0. The molecule has 3 aromatic rings. The van der Waals surface area contributed by atoms with E-state index >= 15 is 0 Å². The van der Waals surface area contributed by atoms with Gasteiger partial charge in [-0.15, -0.1) is 10.2 Å². The van der Waals surface area contributed by atoms with Crippen molar-refractivity contribution in [2.24, 2.45) is 0 Å². The summed E-state index contributed by atoms with van der Waals surface area (Å²) in [6, 6.07) is 10.7. The van der Waals surface area contributed by atoms with Gasteiger partial charge in [-0.25, -0.2) is 4.98 Å². The molecule has 1 fully saturated rings. The minimum Gasteiger partial charge on any atom is -0.341 e. The number of fused-ring (bicyclic) bond motifs is 3. The molecule has 2 aromatic heterocycles. The van der Waals surface area contributed by atoms with Gasteiger partial charge in [0.15, 0.2) is 11.6 Å². The maximum atomic E-state index is 4.94. The predicted octanol–water partition coefficient (Wildman–Crippen LogP) is 4.01. The van der Waals surface area contributed by atoms with Gasteiger partial charge in [-0.05, 0) is 31.4 Å². The van der Waals surface area contributed by atoms with Gasteiger partial charge in [-0.3, -0.25) is 4.57 Å². The van der Waals surface area contributed by atoms with E-state index in [0.717, 1.165) is 29.4 Å². The van der Waals surface area contributed by atoms with Gasteiger partial charge < -0.3 is 10.2 Å². The van der Waals surface area contributed by atoms with Crippen molar-refractivity contribution in [3.8, 4) is 5.69 Å². The largest absolute Gasteiger partial charge is 0.341 e. The second kappa shape index (κ2) is 6.64. The van der Waals surface area contributed by atoms with E-state index in [9.17, 15) is 0 Å². The van der Waals surface area contributed by atoms with Gasteiger partial charge in [0.1, 0.15) is 12.0 Å². The van der Waals surface area contributed by atoms with E-state index in [-0.39, 0.29) is 6.04 Å². The first-order valence-corrected chi connectivity index (χ1v) is 9.73. The van der Waals surface area contributed by atoms with Gasteiger partial charge in [0.2, 0.25) is 5.95 Å². The summed E-state index contributed by atoms with van der Waals surface area (Å²) in [5, 5.41) is 11.9. The van der Waals surface area contributed by atoms with Crippen molar-refractivity contribution in [1.29, 1.82) is 0 Å². The topological polar surface area (TPSA) is 71.8 Å². The van der Waals surface area contributed by atoms with Gasteiger partial charge in [0, 0.05) is 11.7 Å². The molecule has 1 aromatic carbocycles. The Hall–Kier alpha value is -2.96. The van der Waals surface area contributed by atoms with Crippen molar-refractivity contribution in [3.63, 3.8) is 0 Å². The predicted molar refractivity (Wildman–Crippen MR) is 104 cm³/mol. The lowest BCUT2D eigenvalue weighted by molar-refractivity contribution is 0.469. The summed E-state index contributed by atoms with van der Waals surface area (Å²) in [4.78, 5) is 12.0. The molecule has 7 heteroatoms. The van der Waals surface area contributed by atoms with Crippen molar-refractivity contribution in [1.82, 2.24) is 24.7 Å². The first-order chi connectivity index (χ1) is 13.3. The number of nitrogens with one attached hydrogen (secondary N) is 1. The summed E-state index contributed by atoms with van der Waals surface area (Å²) in [6.45, 7) is 2.21. The van der Waals surface area contributed by atoms with Crippen LogP contribution in [-0.4, -0.2) is 30.8 Å². The molecule has 1 aliphatic carbocycles. The number of para-hydroxylation sites is 1. The number of hydrogen-bond donors (Lipinski definition) is 1. The fraction of sp³-hybridized carbons (Fsp3) is 0.400. The lowest BCUT2D eigenvalue weighted by Gasteiger charge is -2.40. The summed E-state index contributed by atoms with van der Waals surface area (Å²) in [5.41, 5.74) is 1.95. The summed E-state index contributed by atoms with van der Waals surface area (Å²) in [6.07, 6.45) is 9.59. The first kappa shape index (κ1) is 16.2. The second-order valence-corrected chi connectivity index (χ2v) is 7.22. The van der Waals surface area contributed by atoms with Crippen LogP contribution in [0.1, 0.15) is 50.9 Å². The summed E-state index contributed by atoms with van der Waals surface area (Å²) < 4.78 is 2.04. The van der Waals surface area contributed by atoms with Crippen molar-refractivity contribution in [3.05, 3.63) is 48.7 Å². The molecular formula is C20H23N7. The molecule has 138 valence electrons. The Morgan fingerprint density at radius 3 is 2.74 bits per heavy atom. The molecule has 2 aliphatic rings. The van der Waals surface area contributed by atoms with Gasteiger partial charge >= 0.3 is 0 Å². The van der Waals surface area contributed by atoms with E-state index in [2.05, 4.69) is 32.3 Å². The fourth-order valence-electron chi connectivity index (χ4n) is 4.36. The third kappa shape index (κ3) is 2.74. The third-order valence-corrected chi connectivity index (χ3v) is 5.60. The molecular weight excluding hydrogens is 338 g/mol. The zero-order valence-corrected chi connectivity index (χ0v) is 15.4. The van der Waals surface area contributed by atoms with Gasteiger partial charge in [0.25, 0.3) is 0 Å². The van der Waals surface area contributed by atoms with E-state index < -0.39 is 0 Å². The van der Waals surface area contributed by atoms with Crippen molar-refractivity contribution >= 4 is 17.5 Å². The Bertz CT molecular complexity index is 931. The molecule has 0 amide bonds. The highest BCUT2D eigenvalue weighted by Crippen LogP contribution is 2.42. The standard InChI is InChI=1S/C20H23N7/c1-2-16-19-25-22-13-26(19)17-12-21-20(23-14-8-4-3-5-9-14)24-18(17)27(16)15-10-6-7-11-15/h3-5,8-9,12-13,15-16H,2,6-7,10-11H2,1H3,(H,21,23,24). The average Bonchev–Trinajstić information content (AvgIpc) is 3.39. The third-order valence-electron chi connectivity index (χ3n) is 5.60. The number of nitrogens with zero attached hydrogens (tertiary/aromatic N) is 6. The van der Waals surface area contributed by atoms with E-state index in [0.29, 0.717) is 12.0 Å². The fourth-order valence-corrected chi connectivity index (χ4v) is 4.36. The molecule has 7 nitrogen and oxygen atoms in total. The molecule has 5 rings (SSSR count). The van der Waals surface area contributed by atoms with Crippen molar-refractivity contribution in [2.75, 3.05) is 10.2 Å². The number of hydrogen-bond acceptors (Lipinski definition) is 6. The van der Waals surface area contributed by atoms with E-state index in [1.54, 1.807) is 6.33 Å². The Labute approximate surface area is 158 Å². The lowest BCUT2D eigenvalue weighted by Crippen LogP contribution is -2.42. The zero-order chi connectivity index (χ0) is 18.2. The Morgan fingerprint density at radius 1 is 1.15 bits per heavy atom. The van der Waals surface area contributed by atoms with Crippen molar-refractivity contribution < 1.29 is 0 Å². The Kier molecular flexibility index (Phi) is 3.99. The van der Waals surface area contributed by atoms with Gasteiger partial charge in [0.05, 0.1) is 12.2 Å². The van der Waals surface area contributed by atoms with Crippen LogP contribution in [0.15, 0.2) is 42.9 Å².